The van der Waals surface area contributed by atoms with Crippen LogP contribution in [0.4, 0.5) is 0 Å². The molecule has 0 aliphatic carbocycles. The summed E-state index contributed by atoms with van der Waals surface area (Å²) >= 11 is -2.66. The number of aliphatic hydroxyl groups is 1. The molecule has 1 atom stereocenters. The third-order valence-electron chi connectivity index (χ3n) is 7.05. The summed E-state index contributed by atoms with van der Waals surface area (Å²) in [5.41, 5.74) is 0.0291. The molecule has 1 saturated heterocycles. The van der Waals surface area contributed by atoms with Gasteiger partial charge in [0.2, 0.25) is 0 Å². The number of aromatic nitrogens is 2. The quantitative estimate of drug-likeness (QED) is 0.384. The first kappa shape index (κ1) is 25.2. The molecule has 6 nitrogen and oxygen atoms in total. The molecule has 2 aromatic heterocycles. The van der Waals surface area contributed by atoms with E-state index in [1.165, 1.54) is 60.4 Å². The van der Waals surface area contributed by atoms with Crippen LogP contribution in [0.5, 0.6) is 0 Å². The van der Waals surface area contributed by atoms with E-state index in [0.717, 1.165) is 5.56 Å². The Balaban J connectivity index is 1.95. The van der Waals surface area contributed by atoms with Gasteiger partial charge in [-0.2, -0.15) is 0 Å². The van der Waals surface area contributed by atoms with E-state index in [9.17, 15) is 9.90 Å². The van der Waals surface area contributed by atoms with Gasteiger partial charge in [-0.3, -0.25) is 0 Å². The van der Waals surface area contributed by atoms with Crippen LogP contribution in [0.1, 0.15) is 71.5 Å². The first-order chi connectivity index (χ1) is 15.4. The zero-order valence-corrected chi connectivity index (χ0v) is 23.0. The van der Waals surface area contributed by atoms with Crippen LogP contribution in [-0.4, -0.2) is 58.0 Å². The van der Waals surface area contributed by atoms with E-state index < -0.39 is 24.0 Å². The summed E-state index contributed by atoms with van der Waals surface area (Å²) in [5.74, 6) is -0.0949. The van der Waals surface area contributed by atoms with Crippen LogP contribution < -0.4 is 3.71 Å². The van der Waals surface area contributed by atoms with Gasteiger partial charge >= 0.3 is 197 Å². The van der Waals surface area contributed by atoms with Gasteiger partial charge in [0.05, 0.1) is 0 Å². The summed E-state index contributed by atoms with van der Waals surface area (Å²) in [6, 6.07) is 5.94. The summed E-state index contributed by atoms with van der Waals surface area (Å²) in [4.78, 5) is 18.9. The maximum atomic E-state index is 12.4. The molecule has 3 heterocycles. The number of likely N-dealkylation sites (tertiary alicyclic amines) is 1. The summed E-state index contributed by atoms with van der Waals surface area (Å²) in [6.45, 7) is 7.35. The fraction of sp³-hybridized carbons (Fsp3) is 0.640. The molecule has 176 valence electrons. The van der Waals surface area contributed by atoms with E-state index in [1.807, 2.05) is 12.3 Å². The number of pyridine rings is 1. The summed E-state index contributed by atoms with van der Waals surface area (Å²) in [5, 5.41) is 15.1. The molecule has 2 aromatic rings. The van der Waals surface area contributed by atoms with Crippen molar-refractivity contribution in [2.45, 2.75) is 84.6 Å². The second-order valence-electron chi connectivity index (χ2n) is 9.43. The minimum absolute atomic E-state index is 0.234. The summed E-state index contributed by atoms with van der Waals surface area (Å²) in [6.07, 6.45) is 9.77. The number of nitrogens with zero attached hydrogens (tertiary/aromatic N) is 3. The molecule has 32 heavy (non-hydrogen) atoms. The van der Waals surface area contributed by atoms with Gasteiger partial charge in [0.25, 0.3) is 0 Å². The number of amides is 1. The molecule has 3 rings (SSSR count). The van der Waals surface area contributed by atoms with Gasteiger partial charge in [0.1, 0.15) is 0 Å². The van der Waals surface area contributed by atoms with Crippen LogP contribution in [0.25, 0.3) is 11.3 Å². The second-order valence-corrected chi connectivity index (χ2v) is 22.5. The molecule has 0 radical (unpaired) electrons. The second kappa shape index (κ2) is 11.1. The van der Waals surface area contributed by atoms with Gasteiger partial charge in [-0.15, -0.1) is 0 Å². The van der Waals surface area contributed by atoms with E-state index in [1.54, 1.807) is 13.1 Å². The Hall–Kier alpha value is -1.41. The molecule has 1 fully saturated rings. The number of likely N-dealkylation sites (N-methyl/N-ethyl adjacent to an activating group) is 1. The number of rotatable bonds is 12. The SMILES string of the molecule is CCC[CH2][Sn]([CH2]CCC)([CH2]CCC)[c]1cc(-c2cc(C3(O)CCN(C)C3=O)on2)ccn1. The fourth-order valence-electron chi connectivity index (χ4n) is 4.87. The van der Waals surface area contributed by atoms with Gasteiger partial charge in [0.15, 0.2) is 0 Å². The van der Waals surface area contributed by atoms with Crippen molar-refractivity contribution in [3.8, 4) is 11.3 Å². The van der Waals surface area contributed by atoms with Crippen molar-refractivity contribution in [2.75, 3.05) is 13.6 Å². The molecular weight excluding hydrogens is 509 g/mol. The van der Waals surface area contributed by atoms with Gasteiger partial charge < -0.3 is 0 Å². The molecule has 0 bridgehead atoms. The topological polar surface area (TPSA) is 79.5 Å². The predicted molar refractivity (Wildman–Crippen MR) is 130 cm³/mol. The number of unbranched alkanes of at least 4 members (excludes halogenated alkanes) is 3. The van der Waals surface area contributed by atoms with Crippen LogP contribution in [-0.2, 0) is 10.4 Å². The third kappa shape index (κ3) is 5.22. The van der Waals surface area contributed by atoms with Gasteiger partial charge in [0, 0.05) is 0 Å². The van der Waals surface area contributed by atoms with Gasteiger partial charge in [-0.25, -0.2) is 0 Å². The van der Waals surface area contributed by atoms with Crippen molar-refractivity contribution >= 4 is 28.0 Å². The van der Waals surface area contributed by atoms with Crippen molar-refractivity contribution in [1.29, 1.82) is 0 Å². The number of carbonyl (C=O) groups is 1. The van der Waals surface area contributed by atoms with Crippen LogP contribution >= 0.6 is 0 Å². The zero-order chi connectivity index (χ0) is 23.2. The zero-order valence-electron chi connectivity index (χ0n) is 20.2. The standard InChI is InChI=1S/C13H12N3O3.3C4H9.Sn/c1-16-7-4-13(18,12(16)17)11-8-10(15-19-11)9-2-5-14-6-3-9;3*1-3-4-2;/h2-3,5,8,18H,4,7H2,1H3;3*1,3-4H2,2H3;. The third-order valence-corrected chi connectivity index (χ3v) is 22.2. The van der Waals surface area contributed by atoms with Gasteiger partial charge in [-0.1, -0.05) is 0 Å². The molecule has 7 heteroatoms. The van der Waals surface area contributed by atoms with E-state index in [-0.39, 0.29) is 11.7 Å². The molecule has 1 unspecified atom stereocenters. The van der Waals surface area contributed by atoms with Gasteiger partial charge in [-0.05, 0) is 0 Å². The molecule has 1 aliphatic rings. The monoisotopic (exact) mass is 549 g/mol. The van der Waals surface area contributed by atoms with E-state index in [0.29, 0.717) is 18.7 Å². The Morgan fingerprint density at radius 1 is 1.09 bits per heavy atom. The summed E-state index contributed by atoms with van der Waals surface area (Å²) < 4.78 is 10.9. The molecule has 1 N–H and O–H groups in total. The van der Waals surface area contributed by atoms with Crippen LogP contribution in [0.15, 0.2) is 28.9 Å². The van der Waals surface area contributed by atoms with Crippen molar-refractivity contribution in [1.82, 2.24) is 15.0 Å². The molecular formula is C25H39N3O3Sn. The van der Waals surface area contributed by atoms with Crippen molar-refractivity contribution in [3.05, 3.63) is 30.2 Å². The Morgan fingerprint density at radius 3 is 2.25 bits per heavy atom. The number of carbonyl (C=O) groups excluding carboxylic acids is 1. The predicted octanol–water partition coefficient (Wildman–Crippen LogP) is 4.84. The van der Waals surface area contributed by atoms with Crippen LogP contribution in [0.2, 0.25) is 13.3 Å². The average Bonchev–Trinajstić information content (AvgIpc) is 3.41. The number of hydrogen-bond donors (Lipinski definition) is 1. The molecule has 1 aliphatic heterocycles. The first-order valence-corrected chi connectivity index (χ1v) is 19.8. The van der Waals surface area contributed by atoms with E-state index in [4.69, 9.17) is 9.51 Å². The Kier molecular flexibility index (Phi) is 8.78. The Bertz CT molecular complexity index is 878. The molecule has 0 spiro atoms. The van der Waals surface area contributed by atoms with Crippen molar-refractivity contribution in [2.24, 2.45) is 0 Å². The van der Waals surface area contributed by atoms with Crippen LogP contribution in [0, 0.1) is 0 Å². The molecule has 0 saturated carbocycles. The van der Waals surface area contributed by atoms with Crippen LogP contribution in [0.3, 0.4) is 0 Å². The minimum atomic E-state index is -2.66. The maximum absolute atomic E-state index is 12.4. The summed E-state index contributed by atoms with van der Waals surface area (Å²) in [7, 11) is 1.70. The average molecular weight is 548 g/mol. The Morgan fingerprint density at radius 2 is 1.72 bits per heavy atom. The van der Waals surface area contributed by atoms with Crippen molar-refractivity contribution in [3.63, 3.8) is 0 Å². The first-order valence-electron chi connectivity index (χ1n) is 12.3. The molecule has 0 aromatic carbocycles. The fourth-order valence-corrected chi connectivity index (χ4v) is 20.3. The molecule has 1 amide bonds. The Labute approximate surface area is 196 Å². The normalized spacial score (nSPS) is 19.2. The van der Waals surface area contributed by atoms with Crippen molar-refractivity contribution < 1.29 is 14.4 Å². The number of hydrogen-bond acceptors (Lipinski definition) is 5. The van der Waals surface area contributed by atoms with E-state index >= 15 is 0 Å². The van der Waals surface area contributed by atoms with E-state index in [2.05, 4.69) is 32.0 Å².